The summed E-state index contributed by atoms with van der Waals surface area (Å²) in [5, 5.41) is 6.61. The van der Waals surface area contributed by atoms with Crippen molar-refractivity contribution in [2.75, 3.05) is 0 Å². The fourth-order valence-electron chi connectivity index (χ4n) is 0.631. The van der Waals surface area contributed by atoms with E-state index in [-0.39, 0.29) is 0 Å². The number of nitrogens with one attached hydrogen (secondary N) is 1. The number of terminal acetylenes is 1. The molecule has 0 aliphatic rings. The molecule has 1 rings (SSSR count). The van der Waals surface area contributed by atoms with Crippen molar-refractivity contribution < 1.29 is 0 Å². The molecular formula is C7H8N2. The molecule has 0 amide bonds. The van der Waals surface area contributed by atoms with Crippen LogP contribution in [0.1, 0.15) is 12.1 Å². The number of H-pyrrole nitrogens is 1. The van der Waals surface area contributed by atoms with Crippen LogP contribution in [0.15, 0.2) is 12.3 Å². The monoisotopic (exact) mass is 120 g/mol. The van der Waals surface area contributed by atoms with Gasteiger partial charge in [0, 0.05) is 24.7 Å². The van der Waals surface area contributed by atoms with Crippen LogP contribution in [0.2, 0.25) is 0 Å². The normalized spacial score (nSPS) is 8.78. The Kier molecular flexibility index (Phi) is 1.92. The Morgan fingerprint density at radius 2 is 2.67 bits per heavy atom. The molecule has 0 aliphatic carbocycles. The molecule has 9 heavy (non-hydrogen) atoms. The minimum atomic E-state index is 0.780. The molecule has 0 spiro atoms. The Hall–Kier alpha value is -1.23. The molecule has 1 aromatic rings. The molecule has 0 aliphatic heterocycles. The zero-order chi connectivity index (χ0) is 6.53. The van der Waals surface area contributed by atoms with Crippen LogP contribution in [0, 0.1) is 12.3 Å². The largest absolute Gasteiger partial charge is 0.283 e. The lowest BCUT2D eigenvalue weighted by molar-refractivity contribution is 0.929. The summed E-state index contributed by atoms with van der Waals surface area (Å²) in [5.41, 5.74) is 1.10. The second-order valence-electron chi connectivity index (χ2n) is 1.79. The number of aromatic amines is 1. The summed E-state index contributed by atoms with van der Waals surface area (Å²) < 4.78 is 0. The SMILES string of the molecule is C#CCCc1ccn[nH]1. The maximum absolute atomic E-state index is 5.06. The van der Waals surface area contributed by atoms with Crippen molar-refractivity contribution in [2.24, 2.45) is 0 Å². The molecule has 0 bridgehead atoms. The highest BCUT2D eigenvalue weighted by Crippen LogP contribution is 1.94. The van der Waals surface area contributed by atoms with Crippen LogP contribution < -0.4 is 0 Å². The molecule has 0 aromatic carbocycles. The minimum Gasteiger partial charge on any atom is -0.283 e. The summed E-state index contributed by atoms with van der Waals surface area (Å²) in [7, 11) is 0. The summed E-state index contributed by atoms with van der Waals surface area (Å²) in [4.78, 5) is 0. The van der Waals surface area contributed by atoms with E-state index in [1.54, 1.807) is 6.20 Å². The molecule has 0 unspecified atom stereocenters. The van der Waals surface area contributed by atoms with E-state index in [2.05, 4.69) is 16.1 Å². The first kappa shape index (κ1) is 5.90. The molecule has 1 N–H and O–H groups in total. The highest BCUT2D eigenvalue weighted by atomic mass is 15.1. The van der Waals surface area contributed by atoms with Crippen molar-refractivity contribution in [2.45, 2.75) is 12.8 Å². The van der Waals surface area contributed by atoms with Crippen molar-refractivity contribution in [3.8, 4) is 12.3 Å². The number of aromatic nitrogens is 2. The van der Waals surface area contributed by atoms with E-state index in [1.165, 1.54) is 0 Å². The molecule has 2 heteroatoms. The lowest BCUT2D eigenvalue weighted by Gasteiger charge is -1.86. The Balaban J connectivity index is 2.41. The molecule has 46 valence electrons. The molecule has 2 nitrogen and oxygen atoms in total. The van der Waals surface area contributed by atoms with E-state index in [9.17, 15) is 0 Å². The summed E-state index contributed by atoms with van der Waals surface area (Å²) in [6.07, 6.45) is 8.47. The van der Waals surface area contributed by atoms with Crippen LogP contribution in [-0.2, 0) is 6.42 Å². The van der Waals surface area contributed by atoms with Crippen molar-refractivity contribution >= 4 is 0 Å². The van der Waals surface area contributed by atoms with Crippen LogP contribution in [0.4, 0.5) is 0 Å². The zero-order valence-electron chi connectivity index (χ0n) is 5.09. The van der Waals surface area contributed by atoms with E-state index in [0.29, 0.717) is 0 Å². The Morgan fingerprint density at radius 1 is 1.78 bits per heavy atom. The molecule has 1 heterocycles. The molecule has 0 fully saturated rings. The average Bonchev–Trinajstić information content (AvgIpc) is 2.34. The van der Waals surface area contributed by atoms with Gasteiger partial charge in [0.25, 0.3) is 0 Å². The quantitative estimate of drug-likeness (QED) is 0.579. The molecular weight excluding hydrogens is 112 g/mol. The minimum absolute atomic E-state index is 0.780. The number of rotatable bonds is 2. The number of nitrogens with zero attached hydrogens (tertiary/aromatic N) is 1. The zero-order valence-corrected chi connectivity index (χ0v) is 5.09. The Morgan fingerprint density at radius 3 is 3.22 bits per heavy atom. The van der Waals surface area contributed by atoms with Crippen LogP contribution in [0.5, 0.6) is 0 Å². The van der Waals surface area contributed by atoms with Gasteiger partial charge in [-0.15, -0.1) is 12.3 Å². The third-order valence-corrected chi connectivity index (χ3v) is 1.10. The first-order chi connectivity index (χ1) is 4.43. The van der Waals surface area contributed by atoms with E-state index in [0.717, 1.165) is 18.5 Å². The Bertz CT molecular complexity index is 193. The van der Waals surface area contributed by atoms with Gasteiger partial charge in [-0.25, -0.2) is 0 Å². The fraction of sp³-hybridized carbons (Fsp3) is 0.286. The van der Waals surface area contributed by atoms with Gasteiger partial charge in [0.1, 0.15) is 0 Å². The Labute approximate surface area is 54.3 Å². The van der Waals surface area contributed by atoms with Crippen LogP contribution >= 0.6 is 0 Å². The van der Waals surface area contributed by atoms with Crippen molar-refractivity contribution in [3.63, 3.8) is 0 Å². The lowest BCUT2D eigenvalue weighted by atomic mass is 10.2. The highest BCUT2D eigenvalue weighted by molar-refractivity contribution is 5.00. The lowest BCUT2D eigenvalue weighted by Crippen LogP contribution is -1.82. The molecule has 0 radical (unpaired) electrons. The van der Waals surface area contributed by atoms with Gasteiger partial charge >= 0.3 is 0 Å². The smallest absolute Gasteiger partial charge is 0.0490 e. The molecule has 0 saturated carbocycles. The van der Waals surface area contributed by atoms with Crippen molar-refractivity contribution in [1.29, 1.82) is 0 Å². The fourth-order valence-corrected chi connectivity index (χ4v) is 0.631. The van der Waals surface area contributed by atoms with Gasteiger partial charge in [0.15, 0.2) is 0 Å². The second-order valence-corrected chi connectivity index (χ2v) is 1.79. The van der Waals surface area contributed by atoms with Gasteiger partial charge in [0.2, 0.25) is 0 Å². The van der Waals surface area contributed by atoms with Gasteiger partial charge in [-0.05, 0) is 6.07 Å². The highest BCUT2D eigenvalue weighted by Gasteiger charge is 1.88. The number of hydrogen-bond acceptors (Lipinski definition) is 1. The summed E-state index contributed by atoms with van der Waals surface area (Å²) >= 11 is 0. The first-order valence-corrected chi connectivity index (χ1v) is 2.85. The molecule has 0 atom stereocenters. The van der Waals surface area contributed by atoms with Crippen LogP contribution in [0.3, 0.4) is 0 Å². The topological polar surface area (TPSA) is 28.7 Å². The second kappa shape index (κ2) is 2.93. The van der Waals surface area contributed by atoms with Crippen LogP contribution in [0.25, 0.3) is 0 Å². The van der Waals surface area contributed by atoms with Gasteiger partial charge in [-0.1, -0.05) is 0 Å². The van der Waals surface area contributed by atoms with Crippen molar-refractivity contribution in [1.82, 2.24) is 10.2 Å². The van der Waals surface area contributed by atoms with E-state index >= 15 is 0 Å². The van der Waals surface area contributed by atoms with Gasteiger partial charge in [-0.2, -0.15) is 5.10 Å². The summed E-state index contributed by atoms with van der Waals surface area (Å²) in [6.45, 7) is 0. The van der Waals surface area contributed by atoms with Crippen molar-refractivity contribution in [3.05, 3.63) is 18.0 Å². The predicted octanol–water partition coefficient (Wildman–Crippen LogP) is 0.976. The first-order valence-electron chi connectivity index (χ1n) is 2.85. The maximum atomic E-state index is 5.06. The van der Waals surface area contributed by atoms with E-state index in [4.69, 9.17) is 6.42 Å². The number of hydrogen-bond donors (Lipinski definition) is 1. The summed E-state index contributed by atoms with van der Waals surface area (Å²) in [6, 6.07) is 1.93. The van der Waals surface area contributed by atoms with Crippen LogP contribution in [-0.4, -0.2) is 10.2 Å². The van der Waals surface area contributed by atoms with Gasteiger partial charge in [0.05, 0.1) is 0 Å². The van der Waals surface area contributed by atoms with E-state index in [1.807, 2.05) is 6.07 Å². The molecule has 1 aromatic heterocycles. The third kappa shape index (κ3) is 1.61. The standard InChI is InChI=1S/C7H8N2/c1-2-3-4-7-5-6-8-9-7/h1,5-6H,3-4H2,(H,8,9). The van der Waals surface area contributed by atoms with Gasteiger partial charge in [-0.3, -0.25) is 5.10 Å². The summed E-state index contributed by atoms with van der Waals surface area (Å²) in [5.74, 6) is 2.56. The van der Waals surface area contributed by atoms with Gasteiger partial charge < -0.3 is 0 Å². The molecule has 0 saturated heterocycles. The van der Waals surface area contributed by atoms with E-state index < -0.39 is 0 Å². The maximum Gasteiger partial charge on any atom is 0.0490 e. The number of aryl methyl sites for hydroxylation is 1. The average molecular weight is 120 g/mol. The third-order valence-electron chi connectivity index (χ3n) is 1.10. The predicted molar refractivity (Wildman–Crippen MR) is 35.7 cm³/mol.